The van der Waals surface area contributed by atoms with Gasteiger partial charge in [0.15, 0.2) is 11.5 Å². The van der Waals surface area contributed by atoms with Crippen molar-refractivity contribution in [3.05, 3.63) is 48.0 Å². The van der Waals surface area contributed by atoms with Gasteiger partial charge in [-0.3, -0.25) is 4.90 Å². The maximum atomic E-state index is 12.6. The van der Waals surface area contributed by atoms with Crippen LogP contribution in [-0.4, -0.2) is 69.9 Å². The van der Waals surface area contributed by atoms with Gasteiger partial charge >= 0.3 is 6.03 Å². The first-order valence-corrected chi connectivity index (χ1v) is 9.76. The second-order valence-corrected chi connectivity index (χ2v) is 6.89. The van der Waals surface area contributed by atoms with E-state index in [1.165, 1.54) is 5.56 Å². The van der Waals surface area contributed by atoms with E-state index in [1.54, 1.807) is 33.5 Å². The highest BCUT2D eigenvalue weighted by molar-refractivity contribution is 5.89. The first kappa shape index (κ1) is 20.8. The molecule has 1 fully saturated rings. The van der Waals surface area contributed by atoms with Crippen molar-refractivity contribution in [3.8, 4) is 17.2 Å². The van der Waals surface area contributed by atoms with E-state index in [-0.39, 0.29) is 6.03 Å². The Labute approximate surface area is 172 Å². The lowest BCUT2D eigenvalue weighted by Crippen LogP contribution is -2.50. The lowest BCUT2D eigenvalue weighted by molar-refractivity contribution is 0.148. The number of piperazine rings is 1. The van der Waals surface area contributed by atoms with Gasteiger partial charge in [0.05, 0.1) is 21.3 Å². The minimum absolute atomic E-state index is 0.0957. The molecule has 7 heteroatoms. The van der Waals surface area contributed by atoms with Crippen LogP contribution in [0.5, 0.6) is 17.2 Å². The fraction of sp³-hybridized carbons (Fsp3) is 0.409. The molecule has 2 amide bonds. The van der Waals surface area contributed by atoms with E-state index in [9.17, 15) is 4.79 Å². The van der Waals surface area contributed by atoms with Crippen molar-refractivity contribution in [1.82, 2.24) is 9.80 Å². The standard InChI is InChI=1S/C22H29N3O4/c1-27-19-7-5-4-6-17(19)10-11-24-12-14-25(15-13-24)22(26)23-18-8-9-20(28-2)21(16-18)29-3/h4-9,16H,10-15H2,1-3H3,(H,23,26). The molecule has 2 aromatic carbocycles. The van der Waals surface area contributed by atoms with Crippen molar-refractivity contribution in [2.24, 2.45) is 0 Å². The van der Waals surface area contributed by atoms with Crippen LogP contribution in [0.25, 0.3) is 0 Å². The van der Waals surface area contributed by atoms with Gasteiger partial charge in [-0.15, -0.1) is 0 Å². The van der Waals surface area contributed by atoms with Crippen LogP contribution in [0, 0.1) is 0 Å². The average molecular weight is 399 g/mol. The van der Waals surface area contributed by atoms with Crippen LogP contribution in [-0.2, 0) is 6.42 Å². The summed E-state index contributed by atoms with van der Waals surface area (Å²) in [6.45, 7) is 4.06. The van der Waals surface area contributed by atoms with Crippen LogP contribution in [0.3, 0.4) is 0 Å². The number of para-hydroxylation sites is 1. The van der Waals surface area contributed by atoms with Gasteiger partial charge in [0.1, 0.15) is 5.75 Å². The highest BCUT2D eigenvalue weighted by Gasteiger charge is 2.21. The van der Waals surface area contributed by atoms with Crippen molar-refractivity contribution in [3.63, 3.8) is 0 Å². The maximum Gasteiger partial charge on any atom is 0.321 e. The molecule has 0 radical (unpaired) electrons. The molecule has 0 unspecified atom stereocenters. The number of nitrogens with one attached hydrogen (secondary N) is 1. The molecule has 0 aliphatic carbocycles. The molecule has 1 aliphatic heterocycles. The number of rotatable bonds is 7. The summed E-state index contributed by atoms with van der Waals surface area (Å²) in [5.41, 5.74) is 1.90. The van der Waals surface area contributed by atoms with Gasteiger partial charge in [0, 0.05) is 44.5 Å². The van der Waals surface area contributed by atoms with E-state index in [4.69, 9.17) is 14.2 Å². The Bertz CT molecular complexity index is 819. The number of hydrogen-bond acceptors (Lipinski definition) is 5. The molecule has 1 saturated heterocycles. The van der Waals surface area contributed by atoms with Crippen LogP contribution in [0.2, 0.25) is 0 Å². The van der Waals surface area contributed by atoms with Crippen molar-refractivity contribution in [2.45, 2.75) is 6.42 Å². The SMILES string of the molecule is COc1ccccc1CCN1CCN(C(=O)Nc2ccc(OC)c(OC)c2)CC1. The van der Waals surface area contributed by atoms with Crippen LogP contribution in [0.15, 0.2) is 42.5 Å². The van der Waals surface area contributed by atoms with Crippen LogP contribution >= 0.6 is 0 Å². The Balaban J connectivity index is 1.48. The minimum atomic E-state index is -0.0957. The number of methoxy groups -OCH3 is 3. The number of urea groups is 1. The number of carbonyl (C=O) groups is 1. The zero-order valence-electron chi connectivity index (χ0n) is 17.3. The molecule has 1 aliphatic rings. The van der Waals surface area contributed by atoms with Crippen molar-refractivity contribution >= 4 is 11.7 Å². The molecular formula is C22H29N3O4. The van der Waals surface area contributed by atoms with Crippen LogP contribution in [0.4, 0.5) is 10.5 Å². The number of amides is 2. The maximum absolute atomic E-state index is 12.6. The van der Waals surface area contributed by atoms with E-state index < -0.39 is 0 Å². The second-order valence-electron chi connectivity index (χ2n) is 6.89. The highest BCUT2D eigenvalue weighted by atomic mass is 16.5. The summed E-state index contributed by atoms with van der Waals surface area (Å²) >= 11 is 0. The molecule has 0 spiro atoms. The summed E-state index contributed by atoms with van der Waals surface area (Å²) < 4.78 is 15.9. The lowest BCUT2D eigenvalue weighted by Gasteiger charge is -2.34. The smallest absolute Gasteiger partial charge is 0.321 e. The lowest BCUT2D eigenvalue weighted by atomic mass is 10.1. The number of anilines is 1. The Hall–Kier alpha value is -2.93. The fourth-order valence-electron chi connectivity index (χ4n) is 3.48. The van der Waals surface area contributed by atoms with Crippen LogP contribution in [0.1, 0.15) is 5.56 Å². The molecule has 1 heterocycles. The van der Waals surface area contributed by atoms with E-state index in [1.807, 2.05) is 29.2 Å². The second kappa shape index (κ2) is 10.0. The molecule has 7 nitrogen and oxygen atoms in total. The third-order valence-corrected chi connectivity index (χ3v) is 5.18. The summed E-state index contributed by atoms with van der Waals surface area (Å²) in [4.78, 5) is 16.8. The molecule has 0 bridgehead atoms. The van der Waals surface area contributed by atoms with E-state index >= 15 is 0 Å². The third kappa shape index (κ3) is 5.32. The van der Waals surface area contributed by atoms with Crippen molar-refractivity contribution < 1.29 is 19.0 Å². The van der Waals surface area contributed by atoms with Crippen LogP contribution < -0.4 is 19.5 Å². The van der Waals surface area contributed by atoms with Gasteiger partial charge in [0.25, 0.3) is 0 Å². The number of nitrogens with zero attached hydrogens (tertiary/aromatic N) is 2. The Morgan fingerprint density at radius 3 is 2.28 bits per heavy atom. The molecule has 0 atom stereocenters. The predicted molar refractivity (Wildman–Crippen MR) is 113 cm³/mol. The summed E-state index contributed by atoms with van der Waals surface area (Å²) in [6, 6.07) is 13.4. The van der Waals surface area contributed by atoms with Crippen molar-refractivity contribution in [2.75, 3.05) is 59.4 Å². The van der Waals surface area contributed by atoms with Gasteiger partial charge in [-0.25, -0.2) is 4.79 Å². The minimum Gasteiger partial charge on any atom is -0.496 e. The summed E-state index contributed by atoms with van der Waals surface area (Å²) in [5.74, 6) is 2.15. The van der Waals surface area contributed by atoms with E-state index in [2.05, 4.69) is 16.3 Å². The predicted octanol–water partition coefficient (Wildman–Crippen LogP) is 3.10. The van der Waals surface area contributed by atoms with Gasteiger partial charge < -0.3 is 24.4 Å². The fourth-order valence-corrected chi connectivity index (χ4v) is 3.48. The Morgan fingerprint density at radius 2 is 1.59 bits per heavy atom. The first-order chi connectivity index (χ1) is 14.1. The average Bonchev–Trinajstić information content (AvgIpc) is 2.78. The Morgan fingerprint density at radius 1 is 0.897 bits per heavy atom. The van der Waals surface area contributed by atoms with E-state index in [0.717, 1.165) is 31.8 Å². The monoisotopic (exact) mass is 399 g/mol. The molecule has 0 saturated carbocycles. The number of benzene rings is 2. The third-order valence-electron chi connectivity index (χ3n) is 5.18. The summed E-state index contributed by atoms with van der Waals surface area (Å²) in [5, 5.41) is 2.94. The molecule has 29 heavy (non-hydrogen) atoms. The zero-order valence-corrected chi connectivity index (χ0v) is 17.3. The molecule has 0 aromatic heterocycles. The highest BCUT2D eigenvalue weighted by Crippen LogP contribution is 2.29. The first-order valence-electron chi connectivity index (χ1n) is 9.76. The van der Waals surface area contributed by atoms with E-state index in [0.29, 0.717) is 30.3 Å². The zero-order chi connectivity index (χ0) is 20.6. The summed E-state index contributed by atoms with van der Waals surface area (Å²) in [7, 11) is 4.87. The van der Waals surface area contributed by atoms with Gasteiger partial charge in [-0.05, 0) is 30.2 Å². The Kier molecular flexibility index (Phi) is 7.19. The summed E-state index contributed by atoms with van der Waals surface area (Å²) in [6.07, 6.45) is 0.932. The number of ether oxygens (including phenoxy) is 3. The molecular weight excluding hydrogens is 370 g/mol. The van der Waals surface area contributed by atoms with Gasteiger partial charge in [-0.1, -0.05) is 18.2 Å². The molecule has 156 valence electrons. The molecule has 3 rings (SSSR count). The quantitative estimate of drug-likeness (QED) is 0.775. The van der Waals surface area contributed by atoms with Crippen molar-refractivity contribution in [1.29, 1.82) is 0 Å². The van der Waals surface area contributed by atoms with Gasteiger partial charge in [-0.2, -0.15) is 0 Å². The van der Waals surface area contributed by atoms with Gasteiger partial charge in [0.2, 0.25) is 0 Å². The number of carbonyl (C=O) groups excluding carboxylic acids is 1. The normalized spacial score (nSPS) is 14.4. The molecule has 2 aromatic rings. The largest absolute Gasteiger partial charge is 0.496 e. The topological polar surface area (TPSA) is 63.3 Å². The molecule has 1 N–H and O–H groups in total. The number of hydrogen-bond donors (Lipinski definition) is 1.